The Kier molecular flexibility index (Phi) is 6.18. The van der Waals surface area contributed by atoms with Crippen LogP contribution in [0.1, 0.15) is 26.7 Å². The number of aliphatic hydroxyl groups excluding tert-OH is 2. The maximum Gasteiger partial charge on any atom is 0.0463 e. The Balaban J connectivity index is 3.68. The van der Waals surface area contributed by atoms with Crippen molar-refractivity contribution in [2.24, 2.45) is 5.92 Å². The number of hydrogen-bond acceptors (Lipinski definition) is 2. The van der Waals surface area contributed by atoms with E-state index in [0.29, 0.717) is 6.42 Å². The molecule has 0 saturated carbocycles. The van der Waals surface area contributed by atoms with Crippen molar-refractivity contribution in [2.45, 2.75) is 26.7 Å². The van der Waals surface area contributed by atoms with Crippen LogP contribution < -0.4 is 0 Å². The van der Waals surface area contributed by atoms with E-state index in [9.17, 15) is 0 Å². The molecule has 0 aliphatic heterocycles. The summed E-state index contributed by atoms with van der Waals surface area (Å²) in [6.07, 6.45) is 3.63. The summed E-state index contributed by atoms with van der Waals surface area (Å²) in [5.74, 6) is 0.233. The minimum atomic E-state index is 0.169. The highest BCUT2D eigenvalue weighted by molar-refractivity contribution is 4.96. The van der Waals surface area contributed by atoms with E-state index in [4.69, 9.17) is 10.2 Å². The predicted octanol–water partition coefficient (Wildman–Crippen LogP) is 1.33. The fraction of sp³-hybridized carbons (Fsp3) is 0.778. The minimum Gasteiger partial charge on any atom is -0.396 e. The van der Waals surface area contributed by atoms with Gasteiger partial charge in [-0.05, 0) is 32.6 Å². The van der Waals surface area contributed by atoms with Crippen molar-refractivity contribution in [3.63, 3.8) is 0 Å². The molecule has 1 unspecified atom stereocenters. The van der Waals surface area contributed by atoms with Crippen LogP contribution >= 0.6 is 0 Å². The lowest BCUT2D eigenvalue weighted by molar-refractivity contribution is 0.183. The molecule has 0 aromatic rings. The van der Waals surface area contributed by atoms with Crippen molar-refractivity contribution in [1.82, 2.24) is 0 Å². The van der Waals surface area contributed by atoms with Crippen molar-refractivity contribution < 1.29 is 10.2 Å². The van der Waals surface area contributed by atoms with Crippen LogP contribution in [0.3, 0.4) is 0 Å². The molecule has 1 atom stereocenters. The first-order chi connectivity index (χ1) is 5.24. The number of allylic oxidation sites excluding steroid dienone is 2. The third kappa shape index (κ3) is 4.99. The van der Waals surface area contributed by atoms with E-state index in [1.54, 1.807) is 0 Å². The highest BCUT2D eigenvalue weighted by atomic mass is 16.3. The van der Waals surface area contributed by atoms with Gasteiger partial charge in [-0.15, -0.1) is 0 Å². The molecule has 0 saturated heterocycles. The van der Waals surface area contributed by atoms with Gasteiger partial charge in [-0.3, -0.25) is 0 Å². The van der Waals surface area contributed by atoms with Gasteiger partial charge in [0, 0.05) is 13.2 Å². The molecule has 2 heteroatoms. The van der Waals surface area contributed by atoms with E-state index in [2.05, 4.69) is 0 Å². The molecule has 0 rings (SSSR count). The standard InChI is InChI=1S/C9H18O2/c1-3-8(2)6-9(7-11)4-5-10/h3,9-11H,4-7H2,1-2H3. The van der Waals surface area contributed by atoms with Crippen LogP contribution in [0, 0.1) is 5.92 Å². The molecule has 0 aliphatic rings. The van der Waals surface area contributed by atoms with Crippen LogP contribution in [0.15, 0.2) is 11.6 Å². The van der Waals surface area contributed by atoms with Crippen LogP contribution in [0.2, 0.25) is 0 Å². The Morgan fingerprint density at radius 1 is 1.45 bits per heavy atom. The second kappa shape index (κ2) is 6.38. The molecule has 2 N–H and O–H groups in total. The quantitative estimate of drug-likeness (QED) is 0.593. The van der Waals surface area contributed by atoms with Gasteiger partial charge in [0.15, 0.2) is 0 Å². The van der Waals surface area contributed by atoms with Crippen molar-refractivity contribution in [3.05, 3.63) is 11.6 Å². The first-order valence-electron chi connectivity index (χ1n) is 4.08. The van der Waals surface area contributed by atoms with E-state index < -0.39 is 0 Å². The summed E-state index contributed by atoms with van der Waals surface area (Å²) in [4.78, 5) is 0. The Hall–Kier alpha value is -0.340. The zero-order chi connectivity index (χ0) is 8.69. The summed E-state index contributed by atoms with van der Waals surface area (Å²) < 4.78 is 0. The Labute approximate surface area is 68.6 Å². The number of aliphatic hydroxyl groups is 2. The third-order valence-corrected chi connectivity index (χ3v) is 1.90. The van der Waals surface area contributed by atoms with Gasteiger partial charge >= 0.3 is 0 Å². The largest absolute Gasteiger partial charge is 0.396 e. The summed E-state index contributed by atoms with van der Waals surface area (Å²) in [7, 11) is 0. The van der Waals surface area contributed by atoms with Crippen LogP contribution in [-0.4, -0.2) is 23.4 Å². The zero-order valence-corrected chi connectivity index (χ0v) is 7.38. The maximum absolute atomic E-state index is 8.86. The summed E-state index contributed by atoms with van der Waals surface area (Å²) in [6, 6.07) is 0. The molecule has 0 amide bonds. The predicted molar refractivity (Wildman–Crippen MR) is 46.3 cm³/mol. The molecule has 0 heterocycles. The van der Waals surface area contributed by atoms with E-state index >= 15 is 0 Å². The van der Waals surface area contributed by atoms with Crippen molar-refractivity contribution in [1.29, 1.82) is 0 Å². The molecule has 0 aliphatic carbocycles. The Bertz CT molecular complexity index is 119. The molecule has 11 heavy (non-hydrogen) atoms. The summed E-state index contributed by atoms with van der Waals surface area (Å²) in [6.45, 7) is 4.37. The summed E-state index contributed by atoms with van der Waals surface area (Å²) in [5.41, 5.74) is 1.28. The van der Waals surface area contributed by atoms with E-state index in [-0.39, 0.29) is 19.1 Å². The highest BCUT2D eigenvalue weighted by Gasteiger charge is 2.06. The number of rotatable bonds is 5. The number of hydrogen-bond donors (Lipinski definition) is 2. The van der Waals surface area contributed by atoms with Gasteiger partial charge in [0.05, 0.1) is 0 Å². The Morgan fingerprint density at radius 2 is 2.09 bits per heavy atom. The fourth-order valence-electron chi connectivity index (χ4n) is 1.01. The smallest absolute Gasteiger partial charge is 0.0463 e. The Morgan fingerprint density at radius 3 is 2.45 bits per heavy atom. The van der Waals surface area contributed by atoms with Crippen LogP contribution in [0.4, 0.5) is 0 Å². The second-order valence-corrected chi connectivity index (χ2v) is 2.90. The first-order valence-corrected chi connectivity index (χ1v) is 4.08. The average molecular weight is 158 g/mol. The molecule has 0 fully saturated rings. The molecule has 0 bridgehead atoms. The molecule has 0 radical (unpaired) electrons. The summed E-state index contributed by atoms with van der Waals surface area (Å²) in [5, 5.41) is 17.5. The van der Waals surface area contributed by atoms with Crippen LogP contribution in [-0.2, 0) is 0 Å². The van der Waals surface area contributed by atoms with Gasteiger partial charge in [0.2, 0.25) is 0 Å². The lowest BCUT2D eigenvalue weighted by Gasteiger charge is -2.11. The van der Waals surface area contributed by atoms with E-state index in [0.717, 1.165) is 6.42 Å². The maximum atomic E-state index is 8.86. The van der Waals surface area contributed by atoms with E-state index in [1.807, 2.05) is 19.9 Å². The first kappa shape index (κ1) is 10.7. The highest BCUT2D eigenvalue weighted by Crippen LogP contribution is 2.13. The van der Waals surface area contributed by atoms with Crippen LogP contribution in [0.25, 0.3) is 0 Å². The molecule has 2 nitrogen and oxygen atoms in total. The molecule has 0 aromatic carbocycles. The van der Waals surface area contributed by atoms with Gasteiger partial charge in [0.25, 0.3) is 0 Å². The lowest BCUT2D eigenvalue weighted by atomic mass is 9.98. The molecular formula is C9H18O2. The van der Waals surface area contributed by atoms with Gasteiger partial charge in [-0.25, -0.2) is 0 Å². The topological polar surface area (TPSA) is 40.5 Å². The molecule has 0 aromatic heterocycles. The molecule has 0 spiro atoms. The SMILES string of the molecule is CC=C(C)CC(CO)CCO. The fourth-order valence-corrected chi connectivity index (χ4v) is 1.01. The molecule has 66 valence electrons. The normalized spacial score (nSPS) is 15.1. The van der Waals surface area contributed by atoms with Crippen molar-refractivity contribution >= 4 is 0 Å². The monoisotopic (exact) mass is 158 g/mol. The van der Waals surface area contributed by atoms with Gasteiger partial charge < -0.3 is 10.2 Å². The third-order valence-electron chi connectivity index (χ3n) is 1.90. The van der Waals surface area contributed by atoms with Crippen molar-refractivity contribution in [2.75, 3.05) is 13.2 Å². The zero-order valence-electron chi connectivity index (χ0n) is 7.38. The average Bonchev–Trinajstić information content (AvgIpc) is 2.03. The van der Waals surface area contributed by atoms with E-state index in [1.165, 1.54) is 5.57 Å². The van der Waals surface area contributed by atoms with Gasteiger partial charge in [-0.1, -0.05) is 11.6 Å². The van der Waals surface area contributed by atoms with Gasteiger partial charge in [-0.2, -0.15) is 0 Å². The second-order valence-electron chi connectivity index (χ2n) is 2.90. The van der Waals surface area contributed by atoms with Crippen molar-refractivity contribution in [3.8, 4) is 0 Å². The lowest BCUT2D eigenvalue weighted by Crippen LogP contribution is -2.08. The van der Waals surface area contributed by atoms with Gasteiger partial charge in [0.1, 0.15) is 0 Å². The minimum absolute atomic E-state index is 0.169. The molecular weight excluding hydrogens is 140 g/mol. The van der Waals surface area contributed by atoms with Crippen LogP contribution in [0.5, 0.6) is 0 Å². The summed E-state index contributed by atoms with van der Waals surface area (Å²) >= 11 is 0.